The zero-order valence-corrected chi connectivity index (χ0v) is 21.0. The van der Waals surface area contributed by atoms with Gasteiger partial charge in [0.1, 0.15) is 11.8 Å². The summed E-state index contributed by atoms with van der Waals surface area (Å²) in [6.45, 7) is 4.09. The zero-order valence-electron chi connectivity index (χ0n) is 21.0. The van der Waals surface area contributed by atoms with Crippen LogP contribution in [0, 0.1) is 0 Å². The van der Waals surface area contributed by atoms with Crippen LogP contribution in [-0.4, -0.2) is 93.2 Å². The highest BCUT2D eigenvalue weighted by molar-refractivity contribution is 5.88. The van der Waals surface area contributed by atoms with E-state index in [1.807, 2.05) is 52.0 Å². The van der Waals surface area contributed by atoms with Crippen molar-refractivity contribution in [3.05, 3.63) is 71.7 Å². The lowest BCUT2D eigenvalue weighted by Crippen LogP contribution is -2.34. The molecule has 2 aliphatic rings. The third-order valence-corrected chi connectivity index (χ3v) is 7.37. The summed E-state index contributed by atoms with van der Waals surface area (Å²) in [6, 6.07) is 10.2. The standard InChI is InChI=1S/C27H35N7O2/c1-31(2)22-10-13-32(17-22)12-6-9-25(36)33-14-11-23-21(15-33)16-34-26(23)27(28-19-29-34)30-24(18-35)20-7-4-3-5-8-20/h3-9,16,19,22,24,35H,10-15,17-18H2,1-2H3,(H,28,29,30)/b9-6+/t22?,24-/m1/s1. The Hall–Kier alpha value is -3.27. The number of amides is 1. The van der Waals surface area contributed by atoms with Gasteiger partial charge in [0, 0.05) is 51.0 Å². The molecular weight excluding hydrogens is 454 g/mol. The van der Waals surface area contributed by atoms with Gasteiger partial charge in [0.15, 0.2) is 5.82 Å². The molecule has 5 rings (SSSR count). The minimum absolute atomic E-state index is 0.0492. The molecule has 190 valence electrons. The summed E-state index contributed by atoms with van der Waals surface area (Å²) in [6.07, 6.45) is 9.14. The maximum atomic E-state index is 12.9. The Morgan fingerprint density at radius 2 is 2.11 bits per heavy atom. The summed E-state index contributed by atoms with van der Waals surface area (Å²) in [5.74, 6) is 0.739. The summed E-state index contributed by atoms with van der Waals surface area (Å²) in [4.78, 5) is 24.0. The topological polar surface area (TPSA) is 89.2 Å². The number of likely N-dealkylation sites (tertiary alicyclic amines) is 1. The van der Waals surface area contributed by atoms with Gasteiger partial charge in [-0.15, -0.1) is 0 Å². The lowest BCUT2D eigenvalue weighted by Gasteiger charge is -2.26. The van der Waals surface area contributed by atoms with E-state index >= 15 is 0 Å². The number of likely N-dealkylation sites (N-methyl/N-ethyl adjacent to an activating group) is 1. The molecule has 2 N–H and O–H groups in total. The van der Waals surface area contributed by atoms with E-state index in [1.165, 1.54) is 12.7 Å². The maximum absolute atomic E-state index is 12.9. The average molecular weight is 490 g/mol. The summed E-state index contributed by atoms with van der Waals surface area (Å²) in [5.41, 5.74) is 4.14. The van der Waals surface area contributed by atoms with Gasteiger partial charge in [0.2, 0.25) is 5.91 Å². The molecule has 0 bridgehead atoms. The number of nitrogens with one attached hydrogen (secondary N) is 1. The van der Waals surface area contributed by atoms with E-state index in [9.17, 15) is 9.90 Å². The van der Waals surface area contributed by atoms with Crippen LogP contribution >= 0.6 is 0 Å². The molecule has 0 spiro atoms. The molecule has 2 atom stereocenters. The molecule has 9 nitrogen and oxygen atoms in total. The second kappa shape index (κ2) is 10.8. The number of anilines is 1. The van der Waals surface area contributed by atoms with Crippen LogP contribution in [0.5, 0.6) is 0 Å². The Bertz CT molecular complexity index is 1220. The van der Waals surface area contributed by atoms with E-state index in [0.717, 1.165) is 48.3 Å². The molecule has 2 aliphatic heterocycles. The van der Waals surface area contributed by atoms with Crippen LogP contribution in [0.3, 0.4) is 0 Å². The minimum Gasteiger partial charge on any atom is -0.394 e. The normalized spacial score (nSPS) is 19.3. The molecule has 0 radical (unpaired) electrons. The molecule has 1 fully saturated rings. The second-order valence-corrected chi connectivity index (χ2v) is 9.90. The van der Waals surface area contributed by atoms with Crippen molar-refractivity contribution in [2.45, 2.75) is 31.5 Å². The highest BCUT2D eigenvalue weighted by atomic mass is 16.3. The first kappa shape index (κ1) is 24.4. The molecule has 4 heterocycles. The molecule has 0 aliphatic carbocycles. The summed E-state index contributed by atoms with van der Waals surface area (Å²) in [5, 5.41) is 17.8. The van der Waals surface area contributed by atoms with Gasteiger partial charge in [-0.1, -0.05) is 36.4 Å². The highest BCUT2D eigenvalue weighted by Gasteiger charge is 2.26. The van der Waals surface area contributed by atoms with Gasteiger partial charge in [0.25, 0.3) is 0 Å². The fourth-order valence-corrected chi connectivity index (χ4v) is 5.26. The number of carbonyl (C=O) groups excluding carboxylic acids is 1. The van der Waals surface area contributed by atoms with Crippen molar-refractivity contribution in [2.75, 3.05) is 52.2 Å². The van der Waals surface area contributed by atoms with Gasteiger partial charge < -0.3 is 20.2 Å². The second-order valence-electron chi connectivity index (χ2n) is 9.90. The molecule has 1 saturated heterocycles. The third kappa shape index (κ3) is 5.13. The number of nitrogens with zero attached hydrogens (tertiary/aromatic N) is 6. The number of hydrogen-bond acceptors (Lipinski definition) is 7. The molecule has 9 heteroatoms. The smallest absolute Gasteiger partial charge is 0.246 e. The van der Waals surface area contributed by atoms with Crippen molar-refractivity contribution in [3.8, 4) is 0 Å². The van der Waals surface area contributed by atoms with Crippen molar-refractivity contribution in [1.82, 2.24) is 29.3 Å². The number of rotatable bonds is 8. The summed E-state index contributed by atoms with van der Waals surface area (Å²) < 4.78 is 1.83. The predicted molar refractivity (Wildman–Crippen MR) is 140 cm³/mol. The van der Waals surface area contributed by atoms with Crippen LogP contribution in [0.2, 0.25) is 0 Å². The molecule has 36 heavy (non-hydrogen) atoms. The minimum atomic E-state index is -0.272. The van der Waals surface area contributed by atoms with Crippen LogP contribution in [0.15, 0.2) is 55.0 Å². The van der Waals surface area contributed by atoms with Crippen LogP contribution < -0.4 is 5.32 Å². The van der Waals surface area contributed by atoms with E-state index in [1.54, 1.807) is 6.08 Å². The average Bonchev–Trinajstić information content (AvgIpc) is 3.52. The number of aliphatic hydroxyl groups excluding tert-OH is 1. The largest absolute Gasteiger partial charge is 0.394 e. The Balaban J connectivity index is 1.27. The van der Waals surface area contributed by atoms with Crippen molar-refractivity contribution >= 4 is 17.2 Å². The molecule has 2 aromatic heterocycles. The quantitative estimate of drug-likeness (QED) is 0.468. The lowest BCUT2D eigenvalue weighted by atomic mass is 10.0. The third-order valence-electron chi connectivity index (χ3n) is 7.37. The van der Waals surface area contributed by atoms with E-state index in [4.69, 9.17) is 0 Å². The number of benzene rings is 1. The van der Waals surface area contributed by atoms with Crippen LogP contribution in [0.25, 0.3) is 5.52 Å². The molecule has 0 saturated carbocycles. The number of carbonyl (C=O) groups is 1. The van der Waals surface area contributed by atoms with Crippen LogP contribution in [0.4, 0.5) is 5.82 Å². The van der Waals surface area contributed by atoms with Gasteiger partial charge in [-0.05, 0) is 43.6 Å². The van der Waals surface area contributed by atoms with Gasteiger partial charge >= 0.3 is 0 Å². The van der Waals surface area contributed by atoms with Gasteiger partial charge in [0.05, 0.1) is 12.6 Å². The fourth-order valence-electron chi connectivity index (χ4n) is 5.26. The van der Waals surface area contributed by atoms with Crippen LogP contribution in [-0.2, 0) is 17.8 Å². The number of hydrogen-bond donors (Lipinski definition) is 2. The van der Waals surface area contributed by atoms with Crippen molar-refractivity contribution in [1.29, 1.82) is 0 Å². The highest BCUT2D eigenvalue weighted by Crippen LogP contribution is 2.30. The lowest BCUT2D eigenvalue weighted by molar-refractivity contribution is -0.126. The van der Waals surface area contributed by atoms with Gasteiger partial charge in [-0.2, -0.15) is 5.10 Å². The SMILES string of the molecule is CN(C)C1CCN(C/C=C/C(=O)N2CCc3c(cn4ncnc(N[C@H](CO)c5ccccc5)c34)C2)C1. The van der Waals surface area contributed by atoms with E-state index in [0.29, 0.717) is 24.9 Å². The van der Waals surface area contributed by atoms with Crippen molar-refractivity contribution < 1.29 is 9.90 Å². The predicted octanol–water partition coefficient (Wildman–Crippen LogP) is 1.95. The first-order chi connectivity index (χ1) is 17.5. The van der Waals surface area contributed by atoms with Gasteiger partial charge in [-0.25, -0.2) is 9.50 Å². The van der Waals surface area contributed by atoms with Crippen LogP contribution in [0.1, 0.15) is 29.2 Å². The number of aromatic nitrogens is 3. The summed E-state index contributed by atoms with van der Waals surface area (Å²) >= 11 is 0. The fraction of sp³-hybridized carbons (Fsp3) is 0.444. The first-order valence-corrected chi connectivity index (χ1v) is 12.6. The molecule has 3 aromatic rings. The molecule has 1 amide bonds. The Morgan fingerprint density at radius 1 is 1.28 bits per heavy atom. The number of fused-ring (bicyclic) bond motifs is 3. The van der Waals surface area contributed by atoms with Gasteiger partial charge in [-0.3, -0.25) is 9.69 Å². The van der Waals surface area contributed by atoms with Crippen molar-refractivity contribution in [2.24, 2.45) is 0 Å². The van der Waals surface area contributed by atoms with E-state index < -0.39 is 0 Å². The Morgan fingerprint density at radius 3 is 2.86 bits per heavy atom. The van der Waals surface area contributed by atoms with E-state index in [2.05, 4.69) is 39.3 Å². The summed E-state index contributed by atoms with van der Waals surface area (Å²) in [7, 11) is 4.25. The Labute approximate surface area is 212 Å². The first-order valence-electron chi connectivity index (χ1n) is 12.6. The van der Waals surface area contributed by atoms with E-state index in [-0.39, 0.29) is 18.6 Å². The monoisotopic (exact) mass is 489 g/mol. The Kier molecular flexibility index (Phi) is 7.31. The molecular formula is C27H35N7O2. The molecule has 1 unspecified atom stereocenters. The number of aliphatic hydroxyl groups is 1. The van der Waals surface area contributed by atoms with Crippen molar-refractivity contribution in [3.63, 3.8) is 0 Å². The molecule has 1 aromatic carbocycles. The maximum Gasteiger partial charge on any atom is 0.246 e. The zero-order chi connectivity index (χ0) is 25.1.